The number of carbonyl (C=O) groups is 5. The van der Waals surface area contributed by atoms with Gasteiger partial charge in [-0.2, -0.15) is 0 Å². The average molecular weight is 703 g/mol. The second-order valence-electron chi connectivity index (χ2n) is 7.98. The molecular weight excluding hydrogens is 682 g/mol. The van der Waals surface area contributed by atoms with Crippen molar-refractivity contribution in [1.82, 2.24) is 0 Å². The van der Waals surface area contributed by atoms with Gasteiger partial charge >= 0.3 is 0 Å². The van der Waals surface area contributed by atoms with Crippen molar-refractivity contribution in [3.8, 4) is 0 Å². The third-order valence-corrected chi connectivity index (χ3v) is 7.38. The molecule has 2 aromatic carbocycles. The number of allylic oxidation sites excluding steroid dienone is 2. The van der Waals surface area contributed by atoms with Crippen LogP contribution in [-0.2, 0) is 14.4 Å². The van der Waals surface area contributed by atoms with Gasteiger partial charge in [0.1, 0.15) is 5.92 Å². The van der Waals surface area contributed by atoms with Crippen LogP contribution in [0.15, 0.2) is 59.1 Å². The van der Waals surface area contributed by atoms with E-state index in [0.717, 1.165) is 13.6 Å². The number of hydrogen-bond acceptors (Lipinski definition) is 5. The smallest absolute Gasteiger partial charge is 0.197 e. The van der Waals surface area contributed by atoms with E-state index in [1.165, 1.54) is 0 Å². The SMILES string of the molecule is O=C1CCCC(=O)C1C(=O)c1ccc(I)cc1.O=C1CCCC(Cl)=C1C(=O)c1ccc(I)cc1. The molecule has 0 heterocycles. The molecule has 0 N–H and O–H groups in total. The molecule has 2 aliphatic carbocycles. The van der Waals surface area contributed by atoms with Crippen LogP contribution in [0.4, 0.5) is 0 Å². The zero-order valence-corrected chi connectivity index (χ0v) is 23.2. The first kappa shape index (κ1) is 26.9. The molecule has 0 unspecified atom stereocenters. The fourth-order valence-electron chi connectivity index (χ4n) is 3.78. The quantitative estimate of drug-likeness (QED) is 0.166. The normalized spacial score (nSPS) is 16.7. The van der Waals surface area contributed by atoms with Crippen molar-refractivity contribution in [2.45, 2.75) is 38.5 Å². The predicted molar refractivity (Wildman–Crippen MR) is 146 cm³/mol. The summed E-state index contributed by atoms with van der Waals surface area (Å²) in [7, 11) is 0. The van der Waals surface area contributed by atoms with E-state index in [4.69, 9.17) is 11.6 Å². The zero-order chi connectivity index (χ0) is 24.8. The van der Waals surface area contributed by atoms with Gasteiger partial charge in [-0.25, -0.2) is 0 Å². The summed E-state index contributed by atoms with van der Waals surface area (Å²) in [6, 6.07) is 14.1. The van der Waals surface area contributed by atoms with E-state index in [1.807, 2.05) is 12.1 Å². The van der Waals surface area contributed by atoms with Crippen molar-refractivity contribution in [3.63, 3.8) is 0 Å². The van der Waals surface area contributed by atoms with E-state index in [0.29, 0.717) is 48.3 Å². The van der Waals surface area contributed by atoms with Gasteiger partial charge in [0.2, 0.25) is 0 Å². The van der Waals surface area contributed by atoms with Gasteiger partial charge < -0.3 is 0 Å². The topological polar surface area (TPSA) is 85.3 Å². The molecule has 2 aliphatic rings. The molecule has 0 saturated heterocycles. The van der Waals surface area contributed by atoms with E-state index in [9.17, 15) is 24.0 Å². The van der Waals surface area contributed by atoms with Gasteiger partial charge in [-0.15, -0.1) is 0 Å². The van der Waals surface area contributed by atoms with Crippen molar-refractivity contribution < 1.29 is 24.0 Å². The molecule has 176 valence electrons. The first-order valence-electron chi connectivity index (χ1n) is 10.8. The average Bonchev–Trinajstić information content (AvgIpc) is 2.80. The Morgan fingerprint density at radius 3 is 1.68 bits per heavy atom. The lowest BCUT2D eigenvalue weighted by Gasteiger charge is -2.18. The van der Waals surface area contributed by atoms with Crippen LogP contribution in [0.25, 0.3) is 0 Å². The second kappa shape index (κ2) is 12.3. The summed E-state index contributed by atoms with van der Waals surface area (Å²) in [5.74, 6) is -2.25. The molecule has 5 nitrogen and oxygen atoms in total. The minimum absolute atomic E-state index is 0.134. The van der Waals surface area contributed by atoms with E-state index in [-0.39, 0.29) is 34.5 Å². The predicted octanol–water partition coefficient (Wildman–Crippen LogP) is 6.13. The molecule has 0 aliphatic heterocycles. The minimum Gasteiger partial charge on any atom is -0.298 e. The van der Waals surface area contributed by atoms with Gasteiger partial charge in [-0.1, -0.05) is 23.7 Å². The maximum Gasteiger partial charge on any atom is 0.197 e. The van der Waals surface area contributed by atoms with Crippen LogP contribution in [0.5, 0.6) is 0 Å². The summed E-state index contributed by atoms with van der Waals surface area (Å²) in [5, 5.41) is 0.407. The molecule has 1 fully saturated rings. The molecule has 2 aromatic rings. The molecular formula is C26H21ClI2O5. The Bertz CT molecular complexity index is 1150. The highest BCUT2D eigenvalue weighted by molar-refractivity contribution is 14.1. The number of ketones is 5. The fourth-order valence-corrected chi connectivity index (χ4v) is 4.82. The van der Waals surface area contributed by atoms with Crippen molar-refractivity contribution in [3.05, 3.63) is 77.4 Å². The van der Waals surface area contributed by atoms with Gasteiger partial charge in [0.15, 0.2) is 28.9 Å². The van der Waals surface area contributed by atoms with E-state index in [1.54, 1.807) is 36.4 Å². The number of benzene rings is 2. The van der Waals surface area contributed by atoms with Crippen LogP contribution < -0.4 is 0 Å². The molecule has 0 radical (unpaired) electrons. The van der Waals surface area contributed by atoms with Crippen molar-refractivity contribution >= 4 is 85.7 Å². The largest absolute Gasteiger partial charge is 0.298 e. The summed E-state index contributed by atoms with van der Waals surface area (Å²) < 4.78 is 2.06. The Morgan fingerprint density at radius 2 is 1.18 bits per heavy atom. The minimum atomic E-state index is -1.05. The Labute approximate surface area is 230 Å². The zero-order valence-electron chi connectivity index (χ0n) is 18.1. The summed E-state index contributed by atoms with van der Waals surface area (Å²) in [4.78, 5) is 59.3. The third kappa shape index (κ3) is 6.69. The van der Waals surface area contributed by atoms with Crippen LogP contribution in [0.2, 0.25) is 0 Å². The molecule has 0 spiro atoms. The lowest BCUT2D eigenvalue weighted by atomic mass is 9.82. The van der Waals surface area contributed by atoms with E-state index >= 15 is 0 Å². The molecule has 4 rings (SSSR count). The standard InChI is InChI=1S/C13H10ClIO2.C13H11IO3/c14-10-2-1-3-11(16)12(10)13(17)8-4-6-9(15)7-5-8;14-9-6-4-8(5-7-9)13(17)12-10(15)2-1-3-11(12)16/h4-7H,1-3H2;4-7,12H,1-3H2. The van der Waals surface area contributed by atoms with E-state index in [2.05, 4.69) is 45.2 Å². The molecule has 8 heteroatoms. The highest BCUT2D eigenvalue weighted by Crippen LogP contribution is 2.28. The molecule has 1 saturated carbocycles. The monoisotopic (exact) mass is 702 g/mol. The number of halogens is 3. The lowest BCUT2D eigenvalue weighted by molar-refractivity contribution is -0.133. The van der Waals surface area contributed by atoms with Crippen LogP contribution in [0, 0.1) is 13.1 Å². The van der Waals surface area contributed by atoms with Crippen molar-refractivity contribution in [1.29, 1.82) is 0 Å². The Balaban J connectivity index is 0.000000191. The van der Waals surface area contributed by atoms with Crippen LogP contribution in [0.3, 0.4) is 0 Å². The van der Waals surface area contributed by atoms with Crippen LogP contribution in [-0.4, -0.2) is 28.9 Å². The Kier molecular flexibility index (Phi) is 9.73. The lowest BCUT2D eigenvalue weighted by Crippen LogP contribution is -2.35. The Hall–Kier alpha value is -1.72. The first-order valence-corrected chi connectivity index (χ1v) is 13.3. The highest BCUT2D eigenvalue weighted by Gasteiger charge is 2.36. The van der Waals surface area contributed by atoms with Gasteiger partial charge in [-0.05, 0) is 101 Å². The summed E-state index contributed by atoms with van der Waals surface area (Å²) in [6.07, 6.45) is 3.04. The van der Waals surface area contributed by atoms with E-state index < -0.39 is 5.92 Å². The summed E-state index contributed by atoms with van der Waals surface area (Å²) in [5.41, 5.74) is 1.15. The summed E-state index contributed by atoms with van der Waals surface area (Å²) >= 11 is 10.3. The van der Waals surface area contributed by atoms with Gasteiger partial charge in [0.05, 0.1) is 5.57 Å². The number of hydrogen-bond donors (Lipinski definition) is 0. The first-order chi connectivity index (χ1) is 16.2. The number of Topliss-reactive ketones (excluding diaryl/α,β-unsaturated/α-hetero) is 5. The number of carbonyl (C=O) groups excluding carboxylic acids is 5. The van der Waals surface area contributed by atoms with Crippen molar-refractivity contribution in [2.24, 2.45) is 5.92 Å². The van der Waals surface area contributed by atoms with Gasteiger partial charge in [0.25, 0.3) is 0 Å². The maximum atomic E-state index is 12.2. The number of rotatable bonds is 4. The van der Waals surface area contributed by atoms with Crippen molar-refractivity contribution in [2.75, 3.05) is 0 Å². The highest BCUT2D eigenvalue weighted by atomic mass is 127. The fraction of sp³-hybridized carbons (Fsp3) is 0.269. The van der Waals surface area contributed by atoms with Crippen LogP contribution in [0.1, 0.15) is 59.2 Å². The second-order valence-corrected chi connectivity index (χ2v) is 10.9. The molecule has 0 aromatic heterocycles. The Morgan fingerprint density at radius 1 is 0.706 bits per heavy atom. The molecule has 0 atom stereocenters. The molecule has 0 bridgehead atoms. The van der Waals surface area contributed by atoms with Gasteiger partial charge in [0, 0.05) is 42.6 Å². The maximum absolute atomic E-state index is 12.2. The summed E-state index contributed by atoms with van der Waals surface area (Å²) in [6.45, 7) is 0. The van der Waals surface area contributed by atoms with Gasteiger partial charge in [-0.3, -0.25) is 24.0 Å². The molecule has 0 amide bonds. The molecule has 34 heavy (non-hydrogen) atoms. The van der Waals surface area contributed by atoms with Crippen LogP contribution >= 0.6 is 56.8 Å². The third-order valence-electron chi connectivity index (χ3n) is 5.56.